The number of halogens is 1. The zero-order valence-corrected chi connectivity index (χ0v) is 12.1. The molecule has 1 N–H and O–H groups in total. The number of nitrogens with zero attached hydrogens (tertiary/aromatic N) is 4. The molecule has 1 amide bonds. The maximum absolute atomic E-state index is 10.9. The topological polar surface area (TPSA) is 98.5 Å². The van der Waals surface area contributed by atoms with Crippen LogP contribution in [0, 0.1) is 0 Å². The van der Waals surface area contributed by atoms with Gasteiger partial charge >= 0.3 is 6.09 Å². The summed E-state index contributed by atoms with van der Waals surface area (Å²) in [5.41, 5.74) is 9.49. The summed E-state index contributed by atoms with van der Waals surface area (Å²) >= 11 is 3.35. The van der Waals surface area contributed by atoms with Gasteiger partial charge in [0, 0.05) is 15.9 Å². The molecule has 1 fully saturated rings. The third-order valence-corrected chi connectivity index (χ3v) is 3.61. The van der Waals surface area contributed by atoms with E-state index in [2.05, 4.69) is 26.0 Å². The van der Waals surface area contributed by atoms with Gasteiger partial charge < -0.3 is 14.7 Å². The predicted molar refractivity (Wildman–Crippen MR) is 75.3 cm³/mol. The van der Waals surface area contributed by atoms with Crippen LogP contribution in [0.25, 0.3) is 10.4 Å². The Kier molecular flexibility index (Phi) is 4.84. The quantitative estimate of drug-likeness (QED) is 0.518. The maximum Gasteiger partial charge on any atom is 0.407 e. The van der Waals surface area contributed by atoms with Gasteiger partial charge in [-0.25, -0.2) is 4.79 Å². The first-order valence-corrected chi connectivity index (χ1v) is 6.77. The Morgan fingerprint density at radius 3 is 2.80 bits per heavy atom. The molecule has 1 aromatic carbocycles. The average Bonchev–Trinajstić information content (AvgIpc) is 2.82. The zero-order valence-electron chi connectivity index (χ0n) is 10.5. The second kappa shape index (κ2) is 6.60. The lowest BCUT2D eigenvalue weighted by Crippen LogP contribution is -2.28. The lowest BCUT2D eigenvalue weighted by molar-refractivity contribution is 0.0388. The van der Waals surface area contributed by atoms with Crippen molar-refractivity contribution in [2.75, 3.05) is 13.1 Å². The van der Waals surface area contributed by atoms with Crippen molar-refractivity contribution in [1.29, 1.82) is 0 Å². The van der Waals surface area contributed by atoms with E-state index < -0.39 is 18.2 Å². The van der Waals surface area contributed by atoms with Crippen LogP contribution in [0.3, 0.4) is 0 Å². The van der Waals surface area contributed by atoms with Gasteiger partial charge in [0.25, 0.3) is 0 Å². The maximum atomic E-state index is 10.9. The number of benzene rings is 1. The standard InChI is InChI=1S/C12H13BrN4O3/c13-9-3-1-8(2-4-9)7-20-11-6-17(12(18)19)5-10(11)15-16-14/h1-4,10-11H,5-7H2,(H,18,19)/t10-,11-/m1/s1. The van der Waals surface area contributed by atoms with Gasteiger partial charge in [0.1, 0.15) is 0 Å². The van der Waals surface area contributed by atoms with Gasteiger partial charge in [-0.2, -0.15) is 0 Å². The van der Waals surface area contributed by atoms with E-state index in [0.717, 1.165) is 10.0 Å². The van der Waals surface area contributed by atoms with Crippen molar-refractivity contribution in [3.8, 4) is 0 Å². The fourth-order valence-corrected chi connectivity index (χ4v) is 2.30. The lowest BCUT2D eigenvalue weighted by Gasteiger charge is -2.15. The molecule has 0 aliphatic carbocycles. The molecule has 7 nitrogen and oxygen atoms in total. The summed E-state index contributed by atoms with van der Waals surface area (Å²) in [7, 11) is 0. The molecule has 1 aliphatic rings. The van der Waals surface area contributed by atoms with E-state index in [-0.39, 0.29) is 13.1 Å². The highest BCUT2D eigenvalue weighted by atomic mass is 79.9. The van der Waals surface area contributed by atoms with Crippen molar-refractivity contribution < 1.29 is 14.6 Å². The van der Waals surface area contributed by atoms with Crippen LogP contribution in [0.4, 0.5) is 4.79 Å². The largest absolute Gasteiger partial charge is 0.465 e. The number of hydrogen-bond donors (Lipinski definition) is 1. The van der Waals surface area contributed by atoms with Gasteiger partial charge in [0.15, 0.2) is 0 Å². The number of likely N-dealkylation sites (tertiary alicyclic amines) is 1. The predicted octanol–water partition coefficient (Wildman–Crippen LogP) is 3.01. The minimum atomic E-state index is -1.03. The molecule has 0 bridgehead atoms. The van der Waals surface area contributed by atoms with Crippen LogP contribution < -0.4 is 0 Å². The van der Waals surface area contributed by atoms with Gasteiger partial charge in [-0.05, 0) is 23.2 Å². The average molecular weight is 341 g/mol. The minimum absolute atomic E-state index is 0.171. The highest BCUT2D eigenvalue weighted by Gasteiger charge is 2.35. The molecule has 1 heterocycles. The van der Waals surface area contributed by atoms with Crippen LogP contribution >= 0.6 is 15.9 Å². The van der Waals surface area contributed by atoms with Crippen LogP contribution in [0.15, 0.2) is 33.9 Å². The van der Waals surface area contributed by atoms with Crippen molar-refractivity contribution in [1.82, 2.24) is 4.90 Å². The molecule has 0 saturated carbocycles. The van der Waals surface area contributed by atoms with Crippen LogP contribution in [0.1, 0.15) is 5.56 Å². The van der Waals surface area contributed by atoms with E-state index in [1.807, 2.05) is 24.3 Å². The number of amides is 1. The Bertz CT molecular complexity index is 530. The molecule has 0 unspecified atom stereocenters. The van der Waals surface area contributed by atoms with Crippen LogP contribution in [0.5, 0.6) is 0 Å². The third-order valence-electron chi connectivity index (χ3n) is 3.08. The Balaban J connectivity index is 1.97. The van der Waals surface area contributed by atoms with Crippen molar-refractivity contribution >= 4 is 22.0 Å². The van der Waals surface area contributed by atoms with E-state index in [4.69, 9.17) is 15.4 Å². The monoisotopic (exact) mass is 340 g/mol. The first-order chi connectivity index (χ1) is 9.60. The minimum Gasteiger partial charge on any atom is -0.465 e. The molecular formula is C12H13BrN4O3. The molecular weight excluding hydrogens is 328 g/mol. The molecule has 0 radical (unpaired) electrons. The summed E-state index contributed by atoms with van der Waals surface area (Å²) in [6.07, 6.45) is -1.44. The van der Waals surface area contributed by atoms with Crippen LogP contribution in [-0.4, -0.2) is 41.3 Å². The first kappa shape index (κ1) is 14.6. The molecule has 1 saturated heterocycles. The molecule has 1 aliphatic heterocycles. The molecule has 0 spiro atoms. The van der Waals surface area contributed by atoms with E-state index in [0.29, 0.717) is 6.61 Å². The number of ether oxygens (including phenoxy) is 1. The van der Waals surface area contributed by atoms with Gasteiger partial charge in [-0.1, -0.05) is 33.2 Å². The highest BCUT2D eigenvalue weighted by molar-refractivity contribution is 9.10. The highest BCUT2D eigenvalue weighted by Crippen LogP contribution is 2.19. The summed E-state index contributed by atoms with van der Waals surface area (Å²) in [6, 6.07) is 7.16. The number of rotatable bonds is 4. The summed E-state index contributed by atoms with van der Waals surface area (Å²) in [6.45, 7) is 0.739. The van der Waals surface area contributed by atoms with Gasteiger partial charge in [0.2, 0.25) is 0 Å². The number of carbonyl (C=O) groups is 1. The van der Waals surface area contributed by atoms with E-state index in [9.17, 15) is 4.79 Å². The Morgan fingerprint density at radius 2 is 2.20 bits per heavy atom. The fourth-order valence-electron chi connectivity index (χ4n) is 2.04. The Hall–Kier alpha value is -1.76. The lowest BCUT2D eigenvalue weighted by atomic mass is 10.2. The first-order valence-electron chi connectivity index (χ1n) is 5.98. The molecule has 106 valence electrons. The SMILES string of the molecule is [N-]=[N+]=N[C@@H]1CN(C(=O)O)C[C@H]1OCc1ccc(Br)cc1. The number of azide groups is 1. The van der Waals surface area contributed by atoms with Gasteiger partial charge in [-0.15, -0.1) is 0 Å². The smallest absolute Gasteiger partial charge is 0.407 e. The molecule has 20 heavy (non-hydrogen) atoms. The van der Waals surface area contributed by atoms with Gasteiger partial charge in [0.05, 0.1) is 25.3 Å². The Morgan fingerprint density at radius 1 is 1.50 bits per heavy atom. The molecule has 8 heteroatoms. The van der Waals surface area contributed by atoms with E-state index >= 15 is 0 Å². The Labute approximate surface area is 123 Å². The zero-order chi connectivity index (χ0) is 14.5. The molecule has 2 rings (SSSR count). The van der Waals surface area contributed by atoms with Crippen LogP contribution in [-0.2, 0) is 11.3 Å². The third kappa shape index (κ3) is 3.63. The van der Waals surface area contributed by atoms with Crippen molar-refractivity contribution in [2.45, 2.75) is 18.8 Å². The second-order valence-corrected chi connectivity index (χ2v) is 5.35. The number of hydrogen-bond acceptors (Lipinski definition) is 3. The van der Waals surface area contributed by atoms with Crippen LogP contribution in [0.2, 0.25) is 0 Å². The van der Waals surface area contributed by atoms with Gasteiger partial charge in [-0.3, -0.25) is 0 Å². The summed E-state index contributed by atoms with van der Waals surface area (Å²) in [5.74, 6) is 0. The number of carboxylic acid groups (broad SMARTS) is 1. The normalized spacial score (nSPS) is 21.6. The fraction of sp³-hybridized carbons (Fsp3) is 0.417. The van der Waals surface area contributed by atoms with Crippen molar-refractivity contribution in [3.63, 3.8) is 0 Å². The van der Waals surface area contributed by atoms with E-state index in [1.54, 1.807) is 0 Å². The molecule has 1 aromatic rings. The summed E-state index contributed by atoms with van der Waals surface area (Å²) < 4.78 is 6.67. The molecule has 2 atom stereocenters. The van der Waals surface area contributed by atoms with E-state index in [1.165, 1.54) is 4.90 Å². The van der Waals surface area contributed by atoms with Crippen molar-refractivity contribution in [2.24, 2.45) is 5.11 Å². The summed E-state index contributed by atoms with van der Waals surface area (Å²) in [5, 5.41) is 12.6. The summed E-state index contributed by atoms with van der Waals surface area (Å²) in [4.78, 5) is 14.9. The second-order valence-electron chi connectivity index (χ2n) is 4.44. The van der Waals surface area contributed by atoms with Crippen molar-refractivity contribution in [3.05, 3.63) is 44.7 Å². The molecule has 0 aromatic heterocycles.